The average Bonchev–Trinajstić information content (AvgIpc) is 2.76. The van der Waals surface area contributed by atoms with E-state index < -0.39 is 0 Å². The molecule has 0 fully saturated rings. The summed E-state index contributed by atoms with van der Waals surface area (Å²) >= 11 is 0. The van der Waals surface area contributed by atoms with E-state index in [-0.39, 0.29) is 66.3 Å². The van der Waals surface area contributed by atoms with Crippen LogP contribution in [0.5, 0.6) is 0 Å². The summed E-state index contributed by atoms with van der Waals surface area (Å²) in [5.41, 5.74) is 6.69. The van der Waals surface area contributed by atoms with Crippen LogP contribution in [0.1, 0.15) is 34.6 Å². The van der Waals surface area contributed by atoms with Gasteiger partial charge >= 0.3 is 21.7 Å². The Balaban J connectivity index is -0.0000000480. The molecule has 0 bridgehead atoms. The van der Waals surface area contributed by atoms with Gasteiger partial charge in [0.2, 0.25) is 0 Å². The number of fused-ring (bicyclic) bond motifs is 1. The van der Waals surface area contributed by atoms with E-state index in [4.69, 9.17) is 15.9 Å². The van der Waals surface area contributed by atoms with Gasteiger partial charge in [-0.2, -0.15) is 17.5 Å². The number of benzene rings is 1. The quantitative estimate of drug-likeness (QED) is 0.515. The third kappa shape index (κ3) is 33.3. The molecule has 0 saturated carbocycles. The molecule has 0 spiro atoms. The van der Waals surface area contributed by atoms with E-state index in [0.29, 0.717) is 0 Å². The van der Waals surface area contributed by atoms with Crippen LogP contribution in [0.4, 0.5) is 0 Å². The molecule has 1 N–H and O–H groups in total. The van der Waals surface area contributed by atoms with Crippen LogP contribution in [-0.2, 0) is 21.7 Å². The molecule has 4 radical (unpaired) electrons. The maximum Gasteiger partial charge on any atom is 2.00 e. The molecule has 0 atom stereocenters. The smallest absolute Gasteiger partial charge is 0.855 e. The van der Waals surface area contributed by atoms with Crippen LogP contribution in [0.2, 0.25) is 0 Å². The predicted octanol–water partition coefficient (Wildman–Crippen LogP) is 3.65. The molecule has 0 aliphatic carbocycles. The van der Waals surface area contributed by atoms with Gasteiger partial charge < -0.3 is 30.8 Å². The summed E-state index contributed by atoms with van der Waals surface area (Å²) < 4.78 is 0. The maximum atomic E-state index is 8.93. The van der Waals surface area contributed by atoms with E-state index >= 15 is 0 Å². The summed E-state index contributed by atoms with van der Waals surface area (Å²) in [4.78, 5) is 0. The second-order valence-electron chi connectivity index (χ2n) is 4.98. The second-order valence-corrected chi connectivity index (χ2v) is 4.98. The average molecular weight is 383 g/mol. The minimum atomic E-state index is -0.250. The van der Waals surface area contributed by atoms with Crippen molar-refractivity contribution in [1.29, 1.82) is 0 Å². The third-order valence-corrected chi connectivity index (χ3v) is 1.55. The molecule has 0 saturated heterocycles. The molecule has 0 heterocycles. The van der Waals surface area contributed by atoms with Crippen molar-refractivity contribution in [2.24, 2.45) is 0 Å². The van der Waals surface area contributed by atoms with E-state index in [9.17, 15) is 0 Å². The van der Waals surface area contributed by atoms with E-state index in [2.05, 4.69) is 42.5 Å². The van der Waals surface area contributed by atoms with Crippen LogP contribution < -0.4 is 10.2 Å². The maximum absolute atomic E-state index is 8.93. The van der Waals surface area contributed by atoms with Gasteiger partial charge in [0.05, 0.1) is 0 Å². The zero-order valence-corrected chi connectivity index (χ0v) is 18.8. The van der Waals surface area contributed by atoms with Gasteiger partial charge in [-0.1, -0.05) is 40.7 Å². The van der Waals surface area contributed by atoms with Gasteiger partial charge in [-0.3, -0.25) is 0 Å². The van der Waals surface area contributed by atoms with Crippen LogP contribution in [0, 0.1) is 14.9 Å². The monoisotopic (exact) mass is 383 g/mol. The molecular weight excluding hydrogens is 350 g/mol. The normalized spacial score (nSPS) is 7.83. The first-order valence-electron chi connectivity index (χ1n) is 6.81. The fraction of sp³-hybridized carbons (Fsp3) is 0.421. The molecule has 0 unspecified atom stereocenters. The van der Waals surface area contributed by atoms with Crippen molar-refractivity contribution in [3.63, 3.8) is 0 Å². The van der Waals surface area contributed by atoms with Gasteiger partial charge in [0.1, 0.15) is 0 Å². The second kappa shape index (κ2) is 24.9. The summed E-state index contributed by atoms with van der Waals surface area (Å²) in [6.07, 6.45) is 0. The fourth-order valence-corrected chi connectivity index (χ4v) is 1.07. The number of nitrogens with one attached hydrogen (secondary N) is 1. The van der Waals surface area contributed by atoms with Gasteiger partial charge in [-0.15, -0.1) is 48.4 Å². The summed E-state index contributed by atoms with van der Waals surface area (Å²) in [5.74, 6) is 0. The molecule has 0 aliphatic rings. The Bertz CT molecular complexity index is 390. The van der Waals surface area contributed by atoms with E-state index in [1.807, 2.05) is 20.8 Å². The van der Waals surface area contributed by atoms with Crippen LogP contribution >= 0.6 is 0 Å². The molecular formula is C19H33NO2SiTi-4. The van der Waals surface area contributed by atoms with Crippen LogP contribution in [0.25, 0.3) is 16.5 Å². The number of hydrogen-bond acceptors (Lipinski definition) is 2. The molecule has 138 valence electrons. The molecule has 2 rings (SSSR count). The topological polar surface area (TPSA) is 69.9 Å². The molecule has 5 heteroatoms. The molecule has 0 aliphatic heterocycles. The van der Waals surface area contributed by atoms with Crippen LogP contribution in [0.15, 0.2) is 42.5 Å². The molecule has 24 heavy (non-hydrogen) atoms. The van der Waals surface area contributed by atoms with Crippen molar-refractivity contribution < 1.29 is 31.9 Å². The Kier molecular flexibility index (Phi) is 40.4. The van der Waals surface area contributed by atoms with E-state index in [0.717, 1.165) is 0 Å². The molecule has 0 amide bonds. The first kappa shape index (κ1) is 38.9. The third-order valence-electron chi connectivity index (χ3n) is 1.55. The summed E-state index contributed by atoms with van der Waals surface area (Å²) in [7, 11) is 0. The molecule has 2 aromatic carbocycles. The summed E-state index contributed by atoms with van der Waals surface area (Å²) in [6.45, 7) is 8.70. The van der Waals surface area contributed by atoms with Gasteiger partial charge in [0.15, 0.2) is 0 Å². The molecule has 3 nitrogen and oxygen atoms in total. The van der Waals surface area contributed by atoms with Crippen molar-refractivity contribution in [3.8, 4) is 0 Å². The standard InChI is InChI=1S/C9H7.C4H10N.2C2H5O.2CH3.Si.Ti/c1-2-5-9-7-3-6-8(9)4-1;1-4(2,3)5;2*1-2-3;;;;/h1-7H;5H,1-3H3;2*2H2,1H3;2*1H3;;/q6*-1;;+2. The minimum Gasteiger partial charge on any atom is -0.855 e. The predicted molar refractivity (Wildman–Crippen MR) is 103 cm³/mol. The first-order valence-corrected chi connectivity index (χ1v) is 6.81. The van der Waals surface area contributed by atoms with Gasteiger partial charge in [0, 0.05) is 11.0 Å². The minimum absolute atomic E-state index is 0. The zero-order valence-electron chi connectivity index (χ0n) is 16.3. The fourth-order valence-electron chi connectivity index (χ4n) is 1.07. The van der Waals surface area contributed by atoms with Crippen molar-refractivity contribution in [3.05, 3.63) is 63.1 Å². The van der Waals surface area contributed by atoms with E-state index in [1.54, 1.807) is 13.8 Å². The Hall–Kier alpha value is -0.359. The van der Waals surface area contributed by atoms with Crippen molar-refractivity contribution in [1.82, 2.24) is 0 Å². The van der Waals surface area contributed by atoms with Crippen molar-refractivity contribution in [2.75, 3.05) is 13.2 Å². The molecule has 2 aromatic rings. The molecule has 0 aromatic heterocycles. The van der Waals surface area contributed by atoms with Crippen molar-refractivity contribution in [2.45, 2.75) is 40.2 Å². The largest absolute Gasteiger partial charge is 2.00 e. The van der Waals surface area contributed by atoms with Gasteiger partial charge in [0.25, 0.3) is 0 Å². The Morgan fingerprint density at radius 2 is 1.29 bits per heavy atom. The first-order chi connectivity index (χ1) is 9.29. The van der Waals surface area contributed by atoms with Gasteiger partial charge in [-0.05, 0) is 0 Å². The zero-order chi connectivity index (χ0) is 16.0. The van der Waals surface area contributed by atoms with E-state index in [1.165, 1.54) is 10.8 Å². The number of rotatable bonds is 0. The van der Waals surface area contributed by atoms with Crippen LogP contribution in [-0.4, -0.2) is 29.7 Å². The Labute approximate surface area is 169 Å². The SMILES string of the molecule is CC(C)(C)[NH-].CC[O-].CC[O-].[CH3-].[CH3-].[Si].[Ti+2].c1ccc2[cH-]ccc2c1. The summed E-state index contributed by atoms with van der Waals surface area (Å²) in [5, 5.41) is 20.5. The Morgan fingerprint density at radius 3 is 1.62 bits per heavy atom. The van der Waals surface area contributed by atoms with Crippen LogP contribution in [0.3, 0.4) is 0 Å². The Morgan fingerprint density at radius 1 is 0.958 bits per heavy atom. The van der Waals surface area contributed by atoms with Crippen molar-refractivity contribution >= 4 is 21.7 Å². The van der Waals surface area contributed by atoms with Gasteiger partial charge in [-0.25, -0.2) is 0 Å². The number of hydrogen-bond donors (Lipinski definition) is 0. The summed E-state index contributed by atoms with van der Waals surface area (Å²) in [6, 6.07) is 14.7.